The maximum Gasteiger partial charge on any atom is 0.248 e. The second-order valence-electron chi connectivity index (χ2n) is 5.42. The van der Waals surface area contributed by atoms with Crippen molar-refractivity contribution in [2.75, 3.05) is 19.0 Å². The topological polar surface area (TPSA) is 64.6 Å². The van der Waals surface area contributed by atoms with Crippen LogP contribution in [-0.2, 0) is 4.79 Å². The van der Waals surface area contributed by atoms with Crippen LogP contribution in [0.25, 0.3) is 6.08 Å². The van der Waals surface area contributed by atoms with Gasteiger partial charge >= 0.3 is 0 Å². The summed E-state index contributed by atoms with van der Waals surface area (Å²) in [7, 11) is 1.53. The molecule has 1 amide bonds. The number of ketones is 1. The lowest BCUT2D eigenvalue weighted by molar-refractivity contribution is -0.111. The number of carbonyl (C=O) groups excluding carboxylic acids is 2. The average Bonchev–Trinajstić information content (AvgIpc) is 2.62. The first-order chi connectivity index (χ1) is 12.4. The molecule has 2 aromatic carbocycles. The van der Waals surface area contributed by atoms with E-state index in [4.69, 9.17) is 21.1 Å². The highest BCUT2D eigenvalue weighted by atomic mass is 35.5. The van der Waals surface area contributed by atoms with Crippen molar-refractivity contribution in [1.82, 2.24) is 0 Å². The van der Waals surface area contributed by atoms with Gasteiger partial charge in [-0.05, 0) is 61.9 Å². The van der Waals surface area contributed by atoms with Crippen LogP contribution in [0.1, 0.15) is 29.8 Å². The summed E-state index contributed by atoms with van der Waals surface area (Å²) in [5.41, 5.74) is 1.90. The van der Waals surface area contributed by atoms with E-state index < -0.39 is 0 Å². The zero-order valence-corrected chi connectivity index (χ0v) is 15.6. The molecule has 0 saturated heterocycles. The van der Waals surface area contributed by atoms with Crippen LogP contribution in [0.5, 0.6) is 11.5 Å². The number of Topliss-reactive ketones (excluding diaryl/α,β-unsaturated/α-hetero) is 1. The molecule has 0 spiro atoms. The number of halogens is 1. The van der Waals surface area contributed by atoms with Gasteiger partial charge in [-0.3, -0.25) is 9.59 Å². The van der Waals surface area contributed by atoms with Crippen molar-refractivity contribution in [2.24, 2.45) is 0 Å². The van der Waals surface area contributed by atoms with Gasteiger partial charge in [-0.15, -0.1) is 0 Å². The molecule has 136 valence electrons. The standard InChI is InChI=1S/C20H20ClNO4/c1-4-26-20-17(21)11-14(12-18(20)25-3)5-10-19(24)22-16-8-6-15(7-9-16)13(2)23/h5-12H,4H2,1-3H3,(H,22,24). The Morgan fingerprint density at radius 2 is 1.88 bits per heavy atom. The molecule has 1 N–H and O–H groups in total. The Bertz CT molecular complexity index is 828. The molecule has 0 bridgehead atoms. The van der Waals surface area contributed by atoms with Gasteiger partial charge in [0.2, 0.25) is 5.91 Å². The zero-order valence-electron chi connectivity index (χ0n) is 14.8. The molecule has 0 unspecified atom stereocenters. The van der Waals surface area contributed by atoms with Crippen molar-refractivity contribution >= 4 is 35.1 Å². The van der Waals surface area contributed by atoms with Crippen LogP contribution in [0.2, 0.25) is 5.02 Å². The van der Waals surface area contributed by atoms with Gasteiger partial charge in [-0.2, -0.15) is 0 Å². The molecule has 0 aliphatic carbocycles. The largest absolute Gasteiger partial charge is 0.493 e. The fourth-order valence-electron chi connectivity index (χ4n) is 2.26. The summed E-state index contributed by atoms with van der Waals surface area (Å²) in [6, 6.07) is 10.1. The van der Waals surface area contributed by atoms with Crippen LogP contribution in [0.3, 0.4) is 0 Å². The van der Waals surface area contributed by atoms with Gasteiger partial charge in [-0.1, -0.05) is 11.6 Å². The number of hydrogen-bond acceptors (Lipinski definition) is 4. The van der Waals surface area contributed by atoms with Crippen molar-refractivity contribution in [3.8, 4) is 11.5 Å². The summed E-state index contributed by atoms with van der Waals surface area (Å²) < 4.78 is 10.7. The zero-order chi connectivity index (χ0) is 19.1. The van der Waals surface area contributed by atoms with Crippen LogP contribution < -0.4 is 14.8 Å². The SMILES string of the molecule is CCOc1c(Cl)cc(C=CC(=O)Nc2ccc(C(C)=O)cc2)cc1OC. The Hall–Kier alpha value is -2.79. The molecule has 26 heavy (non-hydrogen) atoms. The van der Waals surface area contributed by atoms with E-state index in [9.17, 15) is 9.59 Å². The number of methoxy groups -OCH3 is 1. The van der Waals surface area contributed by atoms with Crippen LogP contribution in [0, 0.1) is 0 Å². The van der Waals surface area contributed by atoms with Gasteiger partial charge in [-0.25, -0.2) is 0 Å². The number of rotatable bonds is 7. The minimum Gasteiger partial charge on any atom is -0.493 e. The molecule has 0 radical (unpaired) electrons. The van der Waals surface area contributed by atoms with E-state index in [1.54, 1.807) is 42.5 Å². The Morgan fingerprint density at radius 3 is 2.46 bits per heavy atom. The first-order valence-corrected chi connectivity index (χ1v) is 8.42. The Labute approximate surface area is 157 Å². The third-order valence-electron chi connectivity index (χ3n) is 3.53. The fourth-order valence-corrected chi connectivity index (χ4v) is 2.54. The maximum absolute atomic E-state index is 12.1. The van der Waals surface area contributed by atoms with Crippen molar-refractivity contribution in [3.63, 3.8) is 0 Å². The Kier molecular flexibility index (Phi) is 6.81. The highest BCUT2D eigenvalue weighted by Gasteiger charge is 2.10. The molecule has 0 aromatic heterocycles. The molecule has 2 rings (SSSR count). The van der Waals surface area contributed by atoms with Gasteiger partial charge in [0.1, 0.15) is 0 Å². The summed E-state index contributed by atoms with van der Waals surface area (Å²) in [6.45, 7) is 3.82. The highest BCUT2D eigenvalue weighted by Crippen LogP contribution is 2.36. The third kappa shape index (κ3) is 5.10. The maximum atomic E-state index is 12.1. The summed E-state index contributed by atoms with van der Waals surface area (Å²) in [5, 5.41) is 3.14. The van der Waals surface area contributed by atoms with Crippen LogP contribution in [0.4, 0.5) is 5.69 Å². The highest BCUT2D eigenvalue weighted by molar-refractivity contribution is 6.32. The van der Waals surface area contributed by atoms with Gasteiger partial charge < -0.3 is 14.8 Å². The lowest BCUT2D eigenvalue weighted by Crippen LogP contribution is -2.07. The second-order valence-corrected chi connectivity index (χ2v) is 5.83. The summed E-state index contributed by atoms with van der Waals surface area (Å²) in [4.78, 5) is 23.3. The second kappa shape index (κ2) is 9.06. The summed E-state index contributed by atoms with van der Waals surface area (Å²) >= 11 is 6.21. The number of nitrogens with one attached hydrogen (secondary N) is 1. The van der Waals surface area contributed by atoms with Crippen LogP contribution in [0.15, 0.2) is 42.5 Å². The van der Waals surface area contributed by atoms with Gasteiger partial charge in [0.05, 0.1) is 18.7 Å². The molecule has 0 heterocycles. The van der Waals surface area contributed by atoms with E-state index >= 15 is 0 Å². The average molecular weight is 374 g/mol. The smallest absolute Gasteiger partial charge is 0.248 e. The number of hydrogen-bond donors (Lipinski definition) is 1. The van der Waals surface area contributed by atoms with Crippen LogP contribution >= 0.6 is 11.6 Å². The lowest BCUT2D eigenvalue weighted by atomic mass is 10.1. The first-order valence-electron chi connectivity index (χ1n) is 8.05. The molecule has 6 heteroatoms. The van der Waals surface area contributed by atoms with Crippen molar-refractivity contribution in [2.45, 2.75) is 13.8 Å². The van der Waals surface area contributed by atoms with Gasteiger partial charge in [0.25, 0.3) is 0 Å². The molecular formula is C20H20ClNO4. The summed E-state index contributed by atoms with van der Waals surface area (Å²) in [5.74, 6) is 0.650. The number of amides is 1. The normalized spacial score (nSPS) is 10.6. The predicted molar refractivity (Wildman–Crippen MR) is 103 cm³/mol. The monoisotopic (exact) mass is 373 g/mol. The molecule has 0 aliphatic heterocycles. The number of carbonyl (C=O) groups is 2. The first kappa shape index (κ1) is 19.5. The van der Waals surface area contributed by atoms with E-state index in [-0.39, 0.29) is 11.7 Å². The van der Waals surface area contributed by atoms with E-state index in [1.165, 1.54) is 20.1 Å². The third-order valence-corrected chi connectivity index (χ3v) is 3.81. The minimum absolute atomic E-state index is 0.0240. The molecule has 2 aromatic rings. The molecule has 5 nitrogen and oxygen atoms in total. The van der Waals surface area contributed by atoms with E-state index in [2.05, 4.69) is 5.32 Å². The van der Waals surface area contributed by atoms with E-state index in [0.29, 0.717) is 39.9 Å². The Balaban J connectivity index is 2.09. The molecular weight excluding hydrogens is 354 g/mol. The molecule has 0 saturated carbocycles. The van der Waals surface area contributed by atoms with Crippen LogP contribution in [-0.4, -0.2) is 25.4 Å². The molecule has 0 aliphatic rings. The minimum atomic E-state index is -0.301. The summed E-state index contributed by atoms with van der Waals surface area (Å²) in [6.07, 6.45) is 3.02. The van der Waals surface area contributed by atoms with Crippen molar-refractivity contribution in [3.05, 3.63) is 58.6 Å². The predicted octanol–water partition coefficient (Wildman–Crippen LogP) is 4.60. The van der Waals surface area contributed by atoms with Gasteiger partial charge in [0, 0.05) is 17.3 Å². The number of benzene rings is 2. The molecule has 0 atom stereocenters. The quantitative estimate of drug-likeness (QED) is 0.569. The van der Waals surface area contributed by atoms with Crippen molar-refractivity contribution in [1.29, 1.82) is 0 Å². The van der Waals surface area contributed by atoms with Crippen molar-refractivity contribution < 1.29 is 19.1 Å². The van der Waals surface area contributed by atoms with E-state index in [1.807, 2.05) is 6.92 Å². The lowest BCUT2D eigenvalue weighted by Gasteiger charge is -2.11. The number of anilines is 1. The number of ether oxygens (including phenoxy) is 2. The fraction of sp³-hybridized carbons (Fsp3) is 0.200. The Morgan fingerprint density at radius 1 is 1.19 bits per heavy atom. The van der Waals surface area contributed by atoms with E-state index in [0.717, 1.165) is 0 Å². The van der Waals surface area contributed by atoms with Gasteiger partial charge in [0.15, 0.2) is 17.3 Å². The molecule has 0 fully saturated rings.